The number of piperidine rings is 1. The zero-order valence-electron chi connectivity index (χ0n) is 12.7. The second-order valence-corrected chi connectivity index (χ2v) is 6.57. The molecular formula is C14H22N4O3S. The minimum absolute atomic E-state index is 0.253. The van der Waals surface area contributed by atoms with E-state index in [0.717, 1.165) is 30.7 Å². The number of aromatic nitrogens is 2. The summed E-state index contributed by atoms with van der Waals surface area (Å²) in [5.41, 5.74) is 0. The number of hydrogen-bond acceptors (Lipinski definition) is 5. The first-order valence-electron chi connectivity index (χ1n) is 7.71. The minimum Gasteiger partial charge on any atom is -0.481 e. The van der Waals surface area contributed by atoms with Crippen molar-refractivity contribution < 1.29 is 14.7 Å². The predicted octanol–water partition coefficient (Wildman–Crippen LogP) is 2.60. The maximum Gasteiger partial charge on any atom is 0.323 e. The Labute approximate surface area is 133 Å². The topological polar surface area (TPSA) is 95.4 Å². The van der Waals surface area contributed by atoms with E-state index in [1.54, 1.807) is 4.90 Å². The first kappa shape index (κ1) is 16.7. The highest BCUT2D eigenvalue weighted by molar-refractivity contribution is 7.15. The van der Waals surface area contributed by atoms with Gasteiger partial charge in [-0.05, 0) is 19.3 Å². The fourth-order valence-electron chi connectivity index (χ4n) is 2.47. The average Bonchev–Trinajstić information content (AvgIpc) is 2.95. The Morgan fingerprint density at radius 2 is 2.23 bits per heavy atom. The van der Waals surface area contributed by atoms with Crippen molar-refractivity contribution in [2.45, 2.75) is 45.4 Å². The van der Waals surface area contributed by atoms with Gasteiger partial charge in [0, 0.05) is 19.5 Å². The van der Waals surface area contributed by atoms with Gasteiger partial charge in [-0.1, -0.05) is 31.1 Å². The van der Waals surface area contributed by atoms with E-state index in [4.69, 9.17) is 5.11 Å². The van der Waals surface area contributed by atoms with Gasteiger partial charge in [-0.3, -0.25) is 10.1 Å². The smallest absolute Gasteiger partial charge is 0.323 e. The zero-order valence-corrected chi connectivity index (χ0v) is 13.6. The molecule has 0 aromatic carbocycles. The van der Waals surface area contributed by atoms with Crippen molar-refractivity contribution in [1.82, 2.24) is 15.1 Å². The van der Waals surface area contributed by atoms with Crippen molar-refractivity contribution in [1.29, 1.82) is 0 Å². The van der Waals surface area contributed by atoms with Crippen LogP contribution in [0.3, 0.4) is 0 Å². The number of nitrogens with zero attached hydrogens (tertiary/aromatic N) is 3. The van der Waals surface area contributed by atoms with Crippen LogP contribution in [0.15, 0.2) is 0 Å². The number of carboxylic acid groups (broad SMARTS) is 1. The number of carboxylic acids is 1. The SMILES string of the molecule is CCCCCc1nnc(NC(=O)N2CCCC(C(=O)O)C2)s1. The lowest BCUT2D eigenvalue weighted by atomic mass is 9.99. The summed E-state index contributed by atoms with van der Waals surface area (Å²) in [6, 6.07) is -0.290. The van der Waals surface area contributed by atoms with Gasteiger partial charge in [0.25, 0.3) is 0 Å². The molecule has 2 amide bonds. The van der Waals surface area contributed by atoms with Crippen LogP contribution in [0.5, 0.6) is 0 Å². The third kappa shape index (κ3) is 4.66. The highest BCUT2D eigenvalue weighted by Crippen LogP contribution is 2.20. The molecule has 2 heterocycles. The second-order valence-electron chi connectivity index (χ2n) is 5.51. The van der Waals surface area contributed by atoms with E-state index in [9.17, 15) is 9.59 Å². The van der Waals surface area contributed by atoms with Crippen LogP contribution in [0.25, 0.3) is 0 Å². The van der Waals surface area contributed by atoms with Crippen LogP contribution >= 0.6 is 11.3 Å². The Kier molecular flexibility index (Phi) is 6.11. The number of carbonyl (C=O) groups is 2. The summed E-state index contributed by atoms with van der Waals surface area (Å²) >= 11 is 1.39. The molecule has 1 aliphatic rings. The summed E-state index contributed by atoms with van der Waals surface area (Å²) < 4.78 is 0. The number of hydrogen-bond donors (Lipinski definition) is 2. The van der Waals surface area contributed by atoms with Gasteiger partial charge >= 0.3 is 12.0 Å². The zero-order chi connectivity index (χ0) is 15.9. The number of unbranched alkanes of at least 4 members (excludes halogenated alkanes) is 2. The van der Waals surface area contributed by atoms with E-state index < -0.39 is 11.9 Å². The highest BCUT2D eigenvalue weighted by atomic mass is 32.1. The molecule has 0 aliphatic carbocycles. The fraction of sp³-hybridized carbons (Fsp3) is 0.714. The van der Waals surface area contributed by atoms with E-state index >= 15 is 0 Å². The lowest BCUT2D eigenvalue weighted by Crippen LogP contribution is -2.44. The van der Waals surface area contributed by atoms with Crippen molar-refractivity contribution in [2.24, 2.45) is 5.92 Å². The largest absolute Gasteiger partial charge is 0.481 e. The van der Waals surface area contributed by atoms with Crippen molar-refractivity contribution >= 4 is 28.5 Å². The number of nitrogens with one attached hydrogen (secondary N) is 1. The summed E-state index contributed by atoms with van der Waals surface area (Å²) in [5, 5.41) is 21.2. The van der Waals surface area contributed by atoms with Crippen LogP contribution in [-0.2, 0) is 11.2 Å². The molecule has 0 radical (unpaired) electrons. The molecular weight excluding hydrogens is 304 g/mol. The standard InChI is InChI=1S/C14H22N4O3S/c1-2-3-4-7-11-16-17-13(22-11)15-14(21)18-8-5-6-10(9-18)12(19)20/h10H,2-9H2,1H3,(H,19,20)(H,15,17,21). The number of urea groups is 1. The third-order valence-electron chi connectivity index (χ3n) is 3.73. The van der Waals surface area contributed by atoms with Gasteiger partial charge < -0.3 is 10.0 Å². The van der Waals surface area contributed by atoms with Crippen molar-refractivity contribution in [3.05, 3.63) is 5.01 Å². The van der Waals surface area contributed by atoms with E-state index in [2.05, 4.69) is 22.4 Å². The summed E-state index contributed by atoms with van der Waals surface area (Å²) in [6.45, 7) is 2.98. The lowest BCUT2D eigenvalue weighted by molar-refractivity contribution is -0.143. The maximum absolute atomic E-state index is 12.2. The monoisotopic (exact) mass is 326 g/mol. The van der Waals surface area contributed by atoms with Crippen molar-refractivity contribution in [3.8, 4) is 0 Å². The van der Waals surface area contributed by atoms with E-state index in [1.165, 1.54) is 11.3 Å². The van der Waals surface area contributed by atoms with E-state index in [-0.39, 0.29) is 12.6 Å². The molecule has 0 saturated carbocycles. The van der Waals surface area contributed by atoms with Crippen LogP contribution < -0.4 is 5.32 Å². The number of likely N-dealkylation sites (tertiary alicyclic amines) is 1. The Morgan fingerprint density at radius 1 is 1.41 bits per heavy atom. The van der Waals surface area contributed by atoms with Gasteiger partial charge in [0.2, 0.25) is 5.13 Å². The Hall–Kier alpha value is -1.70. The molecule has 7 nitrogen and oxygen atoms in total. The molecule has 1 fully saturated rings. The quantitative estimate of drug-likeness (QED) is 0.783. The summed E-state index contributed by atoms with van der Waals surface area (Å²) in [7, 11) is 0. The molecule has 2 rings (SSSR count). The fourth-order valence-corrected chi connectivity index (χ4v) is 3.24. The predicted molar refractivity (Wildman–Crippen MR) is 84.1 cm³/mol. The molecule has 0 spiro atoms. The summed E-state index contributed by atoms with van der Waals surface area (Å²) in [5.74, 6) is -1.31. The van der Waals surface area contributed by atoms with Crippen LogP contribution in [0.1, 0.15) is 44.0 Å². The molecule has 1 aromatic heterocycles. The Morgan fingerprint density at radius 3 is 2.95 bits per heavy atom. The molecule has 1 aliphatic heterocycles. The highest BCUT2D eigenvalue weighted by Gasteiger charge is 2.28. The maximum atomic E-state index is 12.2. The van der Waals surface area contributed by atoms with Crippen LogP contribution in [0.2, 0.25) is 0 Å². The molecule has 2 N–H and O–H groups in total. The number of amides is 2. The molecule has 1 aromatic rings. The Bertz CT molecular complexity index is 520. The lowest BCUT2D eigenvalue weighted by Gasteiger charge is -2.30. The van der Waals surface area contributed by atoms with Gasteiger partial charge in [0.15, 0.2) is 0 Å². The summed E-state index contributed by atoms with van der Waals surface area (Å²) in [6.07, 6.45) is 5.60. The minimum atomic E-state index is -0.841. The molecule has 1 saturated heterocycles. The number of anilines is 1. The average molecular weight is 326 g/mol. The Balaban J connectivity index is 1.85. The molecule has 0 bridgehead atoms. The molecule has 1 atom stereocenters. The first-order chi connectivity index (χ1) is 10.6. The second kappa shape index (κ2) is 8.07. The van der Waals surface area contributed by atoms with Crippen molar-refractivity contribution in [2.75, 3.05) is 18.4 Å². The van der Waals surface area contributed by atoms with Crippen LogP contribution in [0, 0.1) is 5.92 Å². The summed E-state index contributed by atoms with van der Waals surface area (Å²) in [4.78, 5) is 24.7. The van der Waals surface area contributed by atoms with Gasteiger partial charge in [-0.15, -0.1) is 10.2 Å². The van der Waals surface area contributed by atoms with E-state index in [0.29, 0.717) is 24.5 Å². The van der Waals surface area contributed by atoms with Gasteiger partial charge in [0.05, 0.1) is 5.92 Å². The van der Waals surface area contributed by atoms with E-state index in [1.807, 2.05) is 0 Å². The van der Waals surface area contributed by atoms with Gasteiger partial charge in [-0.25, -0.2) is 4.79 Å². The van der Waals surface area contributed by atoms with Gasteiger partial charge in [0.1, 0.15) is 5.01 Å². The number of aliphatic carboxylic acids is 1. The van der Waals surface area contributed by atoms with Gasteiger partial charge in [-0.2, -0.15) is 0 Å². The molecule has 8 heteroatoms. The molecule has 1 unspecified atom stereocenters. The van der Waals surface area contributed by atoms with Crippen molar-refractivity contribution in [3.63, 3.8) is 0 Å². The molecule has 22 heavy (non-hydrogen) atoms. The first-order valence-corrected chi connectivity index (χ1v) is 8.53. The van der Waals surface area contributed by atoms with Crippen LogP contribution in [0.4, 0.5) is 9.93 Å². The third-order valence-corrected chi connectivity index (χ3v) is 4.63. The number of aryl methyl sites for hydroxylation is 1. The molecule has 122 valence electrons. The normalized spacial score (nSPS) is 18.2. The number of carbonyl (C=O) groups excluding carboxylic acids is 1. The number of rotatable bonds is 6. The van der Waals surface area contributed by atoms with Crippen LogP contribution in [-0.4, -0.2) is 45.3 Å².